The number of fused-ring (bicyclic) bond motifs is 1. The number of carbonyl (C=O) groups is 1. The fourth-order valence-corrected chi connectivity index (χ4v) is 6.88. The number of rotatable bonds is 6. The maximum atomic E-state index is 14.0. The second kappa shape index (κ2) is 9.85. The molecule has 1 saturated carbocycles. The highest BCUT2D eigenvalue weighted by Crippen LogP contribution is 2.47. The van der Waals surface area contributed by atoms with Crippen LogP contribution in [0.1, 0.15) is 60.0 Å². The van der Waals surface area contributed by atoms with Crippen molar-refractivity contribution in [2.24, 2.45) is 5.92 Å². The Hall–Kier alpha value is -1.93. The highest BCUT2D eigenvalue weighted by Gasteiger charge is 2.47. The average molecular weight is 524 g/mol. The van der Waals surface area contributed by atoms with Gasteiger partial charge in [-0.1, -0.05) is 17.7 Å². The summed E-state index contributed by atoms with van der Waals surface area (Å²) in [5.74, 6) is 1.36. The monoisotopic (exact) mass is 523 g/mol. The molecule has 2 unspecified atom stereocenters. The van der Waals surface area contributed by atoms with Crippen LogP contribution in [0.4, 0.5) is 18.9 Å². The van der Waals surface area contributed by atoms with Crippen molar-refractivity contribution in [3.05, 3.63) is 57.9 Å². The van der Waals surface area contributed by atoms with Crippen LogP contribution < -0.4 is 5.32 Å². The highest BCUT2D eigenvalue weighted by molar-refractivity contribution is 7.99. The molecule has 0 bridgehead atoms. The highest BCUT2D eigenvalue weighted by atomic mass is 35.5. The van der Waals surface area contributed by atoms with Crippen LogP contribution in [0.2, 0.25) is 5.02 Å². The van der Waals surface area contributed by atoms with E-state index in [0.29, 0.717) is 24.4 Å². The predicted octanol–water partition coefficient (Wildman–Crippen LogP) is 6.40. The van der Waals surface area contributed by atoms with Crippen molar-refractivity contribution in [3.8, 4) is 0 Å². The van der Waals surface area contributed by atoms with Gasteiger partial charge in [0.2, 0.25) is 5.91 Å². The zero-order valence-corrected chi connectivity index (χ0v) is 21.1. The number of nitrogens with one attached hydrogen (secondary N) is 1. The third kappa shape index (κ3) is 5.29. The minimum absolute atomic E-state index is 0.139. The van der Waals surface area contributed by atoms with Crippen molar-refractivity contribution in [2.45, 2.75) is 62.7 Å². The van der Waals surface area contributed by atoms with Gasteiger partial charge in [0.15, 0.2) is 6.04 Å². The second-order valence-corrected chi connectivity index (χ2v) is 11.5. The zero-order valence-electron chi connectivity index (χ0n) is 19.6. The van der Waals surface area contributed by atoms with Crippen LogP contribution in [0.5, 0.6) is 0 Å². The molecule has 1 aliphatic heterocycles. The number of hydrogen-bond acceptors (Lipinski definition) is 4. The number of thioether (sulfide) groups is 1. The quantitative estimate of drug-likeness (QED) is 0.476. The predicted molar refractivity (Wildman–Crippen MR) is 134 cm³/mol. The lowest BCUT2D eigenvalue weighted by Crippen LogP contribution is -2.43. The molecule has 4 nitrogen and oxygen atoms in total. The molecule has 2 aromatic rings. The van der Waals surface area contributed by atoms with Gasteiger partial charge in [0.05, 0.1) is 17.6 Å². The molecule has 9 heteroatoms. The molecule has 188 valence electrons. The van der Waals surface area contributed by atoms with E-state index >= 15 is 0 Å². The molecule has 1 aromatic carbocycles. The third-order valence-corrected chi connectivity index (χ3v) is 8.73. The zero-order chi connectivity index (χ0) is 24.7. The average Bonchev–Trinajstić information content (AvgIpc) is 3.58. The third-order valence-electron chi connectivity index (χ3n) is 7.36. The van der Waals surface area contributed by atoms with E-state index in [9.17, 15) is 18.0 Å². The summed E-state index contributed by atoms with van der Waals surface area (Å²) in [6, 6.07) is 5.16. The summed E-state index contributed by atoms with van der Waals surface area (Å²) in [6.45, 7) is 0. The molecule has 5 rings (SSSR count). The number of nitrogens with zero attached hydrogens (tertiary/aromatic N) is 2. The Morgan fingerprint density at radius 1 is 1.14 bits per heavy atom. The molecular weight excluding hydrogens is 495 g/mol. The smallest absolute Gasteiger partial charge is 0.380 e. The molecule has 1 saturated heterocycles. The lowest BCUT2D eigenvalue weighted by molar-refractivity contribution is -0.191. The number of aromatic nitrogens is 1. The first-order valence-electron chi connectivity index (χ1n) is 12.2. The van der Waals surface area contributed by atoms with E-state index in [1.54, 1.807) is 17.8 Å². The molecule has 0 radical (unpaired) electrons. The maximum Gasteiger partial charge on any atom is 0.414 e. The van der Waals surface area contributed by atoms with Gasteiger partial charge in [0.1, 0.15) is 0 Å². The summed E-state index contributed by atoms with van der Waals surface area (Å²) >= 11 is 8.22. The number of benzene rings is 1. The van der Waals surface area contributed by atoms with E-state index in [1.165, 1.54) is 48.8 Å². The molecule has 2 aliphatic carbocycles. The van der Waals surface area contributed by atoms with E-state index in [1.807, 2.05) is 6.07 Å². The Bertz CT molecular complexity index is 1080. The van der Waals surface area contributed by atoms with E-state index in [-0.39, 0.29) is 17.7 Å². The van der Waals surface area contributed by atoms with E-state index in [2.05, 4.69) is 16.4 Å². The van der Waals surface area contributed by atoms with Crippen LogP contribution in [0.3, 0.4) is 0 Å². The van der Waals surface area contributed by atoms with Crippen molar-refractivity contribution in [2.75, 3.05) is 23.9 Å². The van der Waals surface area contributed by atoms with Gasteiger partial charge in [-0.3, -0.25) is 9.78 Å². The van der Waals surface area contributed by atoms with Crippen LogP contribution >= 0.6 is 23.4 Å². The summed E-state index contributed by atoms with van der Waals surface area (Å²) < 4.78 is 42.1. The number of carbonyl (C=O) groups excluding carboxylic acids is 1. The minimum atomic E-state index is -4.61. The SMILES string of the molecule is CN(C(=O)C1CCSCC1)C(c1ccc(NC2Cc3ccc(Cl)c(C4CC4)c3C2)cn1)C(F)(F)F. The van der Waals surface area contributed by atoms with Gasteiger partial charge in [-0.15, -0.1) is 0 Å². The Labute approximate surface area is 213 Å². The number of amides is 1. The lowest BCUT2D eigenvalue weighted by atomic mass is 9.99. The van der Waals surface area contributed by atoms with Gasteiger partial charge in [0, 0.05) is 24.0 Å². The Morgan fingerprint density at radius 3 is 2.51 bits per heavy atom. The maximum absolute atomic E-state index is 14.0. The first-order chi connectivity index (χ1) is 16.7. The second-order valence-electron chi connectivity index (χ2n) is 9.87. The molecule has 1 aromatic heterocycles. The number of anilines is 1. The number of alkyl halides is 3. The van der Waals surface area contributed by atoms with Gasteiger partial charge < -0.3 is 10.2 Å². The van der Waals surface area contributed by atoms with Gasteiger partial charge in [-0.05, 0) is 90.8 Å². The molecule has 2 atom stereocenters. The summed E-state index contributed by atoms with van der Waals surface area (Å²) in [5, 5.41) is 4.27. The van der Waals surface area contributed by atoms with Crippen molar-refractivity contribution < 1.29 is 18.0 Å². The topological polar surface area (TPSA) is 45.2 Å². The van der Waals surface area contributed by atoms with E-state index < -0.39 is 18.1 Å². The van der Waals surface area contributed by atoms with Gasteiger partial charge >= 0.3 is 6.18 Å². The number of pyridine rings is 1. The molecule has 1 amide bonds. The fraction of sp³-hybridized carbons (Fsp3) is 0.538. The van der Waals surface area contributed by atoms with Gasteiger partial charge in [-0.25, -0.2) is 0 Å². The molecule has 2 heterocycles. The lowest BCUT2D eigenvalue weighted by Gasteiger charge is -2.33. The molecule has 3 aliphatic rings. The van der Waals surface area contributed by atoms with Crippen molar-refractivity contribution in [1.29, 1.82) is 0 Å². The van der Waals surface area contributed by atoms with Crippen molar-refractivity contribution in [3.63, 3.8) is 0 Å². The first-order valence-corrected chi connectivity index (χ1v) is 13.7. The Morgan fingerprint density at radius 2 is 1.89 bits per heavy atom. The first kappa shape index (κ1) is 24.8. The summed E-state index contributed by atoms with van der Waals surface area (Å²) in [5.41, 5.74) is 4.39. The van der Waals surface area contributed by atoms with Crippen molar-refractivity contribution >= 4 is 35.0 Å². The molecule has 2 fully saturated rings. The summed E-state index contributed by atoms with van der Waals surface area (Å²) in [4.78, 5) is 17.8. The number of halogens is 4. The van der Waals surface area contributed by atoms with Crippen molar-refractivity contribution in [1.82, 2.24) is 9.88 Å². The van der Waals surface area contributed by atoms with Crippen LogP contribution in [-0.4, -0.2) is 46.6 Å². The van der Waals surface area contributed by atoms with E-state index in [0.717, 1.165) is 34.3 Å². The minimum Gasteiger partial charge on any atom is -0.380 e. The molecule has 1 N–H and O–H groups in total. The van der Waals surface area contributed by atoms with Crippen LogP contribution in [0.25, 0.3) is 0 Å². The largest absolute Gasteiger partial charge is 0.414 e. The fourth-order valence-electron chi connectivity index (χ4n) is 5.45. The van der Waals surface area contributed by atoms with E-state index in [4.69, 9.17) is 11.6 Å². The summed E-state index contributed by atoms with van der Waals surface area (Å²) in [6.07, 6.45) is 2.11. The normalized spacial score (nSPS) is 21.5. The van der Waals surface area contributed by atoms with Gasteiger partial charge in [-0.2, -0.15) is 24.9 Å². The molecule has 0 spiro atoms. The standard InChI is InChI=1S/C26H29ClF3N3OS/c1-33(25(34)16-8-10-35-11-9-16)24(26(28,29)30)22-7-5-18(14-31-22)32-19-12-17-4-6-21(27)23(15-2-3-15)20(17)13-19/h4-7,14-16,19,24,32H,2-3,8-13H2,1H3. The van der Waals surface area contributed by atoms with Gasteiger partial charge in [0.25, 0.3) is 0 Å². The van der Waals surface area contributed by atoms with Crippen LogP contribution in [-0.2, 0) is 17.6 Å². The van der Waals surface area contributed by atoms with Crippen LogP contribution in [0.15, 0.2) is 30.5 Å². The molecular formula is C26H29ClF3N3OS. The summed E-state index contributed by atoms with van der Waals surface area (Å²) in [7, 11) is 1.24. The van der Waals surface area contributed by atoms with Crippen LogP contribution in [0, 0.1) is 5.92 Å². The number of hydrogen-bond donors (Lipinski definition) is 1. The Kier molecular flexibility index (Phi) is 6.96. The molecule has 35 heavy (non-hydrogen) atoms. The Balaban J connectivity index is 1.29.